The second-order valence-electron chi connectivity index (χ2n) is 5.15. The lowest BCUT2D eigenvalue weighted by Crippen LogP contribution is -2.15. The van der Waals surface area contributed by atoms with Crippen LogP contribution in [0.4, 0.5) is 11.4 Å². The van der Waals surface area contributed by atoms with E-state index in [2.05, 4.69) is 24.4 Å². The Bertz CT molecular complexity index is 670. The number of amides is 1. The van der Waals surface area contributed by atoms with E-state index in [1.54, 1.807) is 6.07 Å². The number of hydrogen-bond donors (Lipinski definition) is 2. The Balaban J connectivity index is 2.52. The van der Waals surface area contributed by atoms with Crippen molar-refractivity contribution >= 4 is 17.3 Å². The fraction of sp³-hybridized carbons (Fsp3) is 0.235. The zero-order valence-corrected chi connectivity index (χ0v) is 12.8. The topological polar surface area (TPSA) is 64.3 Å². The Morgan fingerprint density at radius 1 is 1.14 bits per heavy atom. The van der Waals surface area contributed by atoms with Gasteiger partial charge in [-0.05, 0) is 44.0 Å². The van der Waals surface area contributed by atoms with Crippen LogP contribution in [0.5, 0.6) is 5.75 Å². The average Bonchev–Trinajstić information content (AvgIpc) is 2.42. The van der Waals surface area contributed by atoms with Crippen LogP contribution in [0, 0.1) is 20.8 Å². The first kappa shape index (κ1) is 14.9. The molecule has 0 unspecified atom stereocenters. The van der Waals surface area contributed by atoms with E-state index in [0.717, 1.165) is 16.8 Å². The number of anilines is 2. The monoisotopic (exact) mass is 284 g/mol. The van der Waals surface area contributed by atoms with Gasteiger partial charge in [-0.2, -0.15) is 0 Å². The van der Waals surface area contributed by atoms with Crippen LogP contribution in [0.1, 0.15) is 27.0 Å². The second kappa shape index (κ2) is 5.87. The maximum Gasteiger partial charge on any atom is 0.254 e. The minimum absolute atomic E-state index is 0.361. The number of aryl methyl sites for hydroxylation is 3. The van der Waals surface area contributed by atoms with E-state index in [1.165, 1.54) is 12.7 Å². The molecule has 0 atom stereocenters. The molecule has 2 rings (SSSR count). The van der Waals surface area contributed by atoms with Crippen molar-refractivity contribution in [2.45, 2.75) is 20.8 Å². The number of carbonyl (C=O) groups is 1. The van der Waals surface area contributed by atoms with Gasteiger partial charge >= 0.3 is 0 Å². The number of nitrogens with one attached hydrogen (secondary N) is 1. The molecule has 0 spiro atoms. The molecule has 4 nitrogen and oxygen atoms in total. The molecule has 3 N–H and O–H groups in total. The highest BCUT2D eigenvalue weighted by Crippen LogP contribution is 2.31. The Labute approximate surface area is 124 Å². The van der Waals surface area contributed by atoms with Crippen molar-refractivity contribution in [1.82, 2.24) is 0 Å². The number of ether oxygens (including phenoxy) is 1. The summed E-state index contributed by atoms with van der Waals surface area (Å²) in [6.07, 6.45) is 0. The van der Waals surface area contributed by atoms with Gasteiger partial charge in [0, 0.05) is 5.69 Å². The van der Waals surface area contributed by atoms with Crippen LogP contribution < -0.4 is 15.8 Å². The highest BCUT2D eigenvalue weighted by molar-refractivity contribution is 6.02. The third-order valence-corrected chi connectivity index (χ3v) is 3.43. The van der Waals surface area contributed by atoms with Crippen LogP contribution in [-0.2, 0) is 0 Å². The smallest absolute Gasteiger partial charge is 0.254 e. The molecule has 2 aromatic rings. The van der Waals surface area contributed by atoms with Crippen molar-refractivity contribution in [1.29, 1.82) is 0 Å². The molecule has 0 bridgehead atoms. The summed E-state index contributed by atoms with van der Waals surface area (Å²) in [6.45, 7) is 6.13. The van der Waals surface area contributed by atoms with Gasteiger partial charge < -0.3 is 15.8 Å². The van der Waals surface area contributed by atoms with Gasteiger partial charge in [-0.1, -0.05) is 23.8 Å². The Hall–Kier alpha value is -2.49. The summed E-state index contributed by atoms with van der Waals surface area (Å²) < 4.78 is 5.22. The quantitative estimate of drug-likeness (QED) is 0.903. The fourth-order valence-electron chi connectivity index (χ4n) is 2.57. The summed E-state index contributed by atoms with van der Waals surface area (Å²) in [5, 5.41) is 3.31. The Morgan fingerprint density at radius 2 is 1.76 bits per heavy atom. The molecular formula is C17H20N2O2. The van der Waals surface area contributed by atoms with Crippen LogP contribution >= 0.6 is 0 Å². The van der Waals surface area contributed by atoms with Crippen LogP contribution in [0.2, 0.25) is 0 Å². The molecular weight excluding hydrogens is 264 g/mol. The molecule has 0 radical (unpaired) electrons. The lowest BCUT2D eigenvalue weighted by molar-refractivity contribution is 0.0998. The summed E-state index contributed by atoms with van der Waals surface area (Å²) in [4.78, 5) is 11.7. The minimum atomic E-state index is -0.516. The SMILES string of the molecule is COc1cccc(Nc2c(C)cc(C)cc2C)c1C(N)=O. The molecule has 0 aliphatic rings. The first-order chi connectivity index (χ1) is 9.93. The molecule has 0 saturated heterocycles. The fourth-order valence-corrected chi connectivity index (χ4v) is 2.57. The van der Waals surface area contributed by atoms with Crippen LogP contribution in [0.25, 0.3) is 0 Å². The van der Waals surface area contributed by atoms with Crippen molar-refractivity contribution in [3.8, 4) is 5.75 Å². The van der Waals surface area contributed by atoms with E-state index in [0.29, 0.717) is 17.0 Å². The molecule has 0 aromatic heterocycles. The van der Waals surface area contributed by atoms with Gasteiger partial charge in [0.2, 0.25) is 0 Å². The zero-order chi connectivity index (χ0) is 15.6. The molecule has 0 heterocycles. The minimum Gasteiger partial charge on any atom is -0.496 e. The van der Waals surface area contributed by atoms with Gasteiger partial charge in [0.05, 0.1) is 12.8 Å². The highest BCUT2D eigenvalue weighted by Gasteiger charge is 2.15. The van der Waals surface area contributed by atoms with Crippen molar-refractivity contribution in [2.75, 3.05) is 12.4 Å². The molecule has 110 valence electrons. The first-order valence-electron chi connectivity index (χ1n) is 6.75. The molecule has 0 aliphatic carbocycles. The first-order valence-corrected chi connectivity index (χ1v) is 6.75. The van der Waals surface area contributed by atoms with Crippen molar-refractivity contribution in [2.24, 2.45) is 5.73 Å². The summed E-state index contributed by atoms with van der Waals surface area (Å²) in [5.74, 6) is -0.0488. The number of methoxy groups -OCH3 is 1. The zero-order valence-electron chi connectivity index (χ0n) is 12.8. The highest BCUT2D eigenvalue weighted by atomic mass is 16.5. The molecule has 0 fully saturated rings. The number of benzene rings is 2. The lowest BCUT2D eigenvalue weighted by atomic mass is 10.0. The van der Waals surface area contributed by atoms with Crippen LogP contribution in [0.15, 0.2) is 30.3 Å². The Kier molecular flexibility index (Phi) is 4.17. The van der Waals surface area contributed by atoms with E-state index in [1.807, 2.05) is 26.0 Å². The number of primary amides is 1. The maximum atomic E-state index is 11.7. The standard InChI is InChI=1S/C17H20N2O2/c1-10-8-11(2)16(12(3)9-10)19-13-6-5-7-14(21-4)15(13)17(18)20/h5-9,19H,1-4H3,(H2,18,20). The van der Waals surface area contributed by atoms with E-state index in [-0.39, 0.29) is 0 Å². The van der Waals surface area contributed by atoms with Crippen molar-refractivity contribution < 1.29 is 9.53 Å². The van der Waals surface area contributed by atoms with Gasteiger partial charge in [0.15, 0.2) is 0 Å². The van der Waals surface area contributed by atoms with Crippen molar-refractivity contribution in [3.05, 3.63) is 52.6 Å². The van der Waals surface area contributed by atoms with Gasteiger partial charge in [-0.15, -0.1) is 0 Å². The lowest BCUT2D eigenvalue weighted by Gasteiger charge is -2.17. The van der Waals surface area contributed by atoms with E-state index < -0.39 is 5.91 Å². The molecule has 0 aliphatic heterocycles. The van der Waals surface area contributed by atoms with Gasteiger partial charge in [0.25, 0.3) is 5.91 Å². The normalized spacial score (nSPS) is 10.3. The van der Waals surface area contributed by atoms with E-state index in [9.17, 15) is 4.79 Å². The molecule has 2 aromatic carbocycles. The van der Waals surface area contributed by atoms with E-state index in [4.69, 9.17) is 10.5 Å². The number of carbonyl (C=O) groups excluding carboxylic acids is 1. The third kappa shape index (κ3) is 2.99. The number of hydrogen-bond acceptors (Lipinski definition) is 3. The predicted octanol–water partition coefficient (Wildman–Crippen LogP) is 3.46. The summed E-state index contributed by atoms with van der Waals surface area (Å²) in [5.41, 5.74) is 10.9. The molecule has 4 heteroatoms. The van der Waals surface area contributed by atoms with Gasteiger partial charge in [0.1, 0.15) is 11.3 Å². The summed E-state index contributed by atoms with van der Waals surface area (Å²) >= 11 is 0. The average molecular weight is 284 g/mol. The second-order valence-corrected chi connectivity index (χ2v) is 5.15. The largest absolute Gasteiger partial charge is 0.496 e. The van der Waals surface area contributed by atoms with Gasteiger partial charge in [-0.25, -0.2) is 0 Å². The summed E-state index contributed by atoms with van der Waals surface area (Å²) in [6, 6.07) is 9.56. The predicted molar refractivity (Wildman–Crippen MR) is 85.4 cm³/mol. The third-order valence-electron chi connectivity index (χ3n) is 3.43. The summed E-state index contributed by atoms with van der Waals surface area (Å²) in [7, 11) is 1.52. The maximum absolute atomic E-state index is 11.7. The van der Waals surface area contributed by atoms with Gasteiger partial charge in [-0.3, -0.25) is 4.79 Å². The number of nitrogens with two attached hydrogens (primary N) is 1. The molecule has 21 heavy (non-hydrogen) atoms. The van der Waals surface area contributed by atoms with Crippen molar-refractivity contribution in [3.63, 3.8) is 0 Å². The van der Waals surface area contributed by atoms with E-state index >= 15 is 0 Å². The number of rotatable bonds is 4. The van der Waals surface area contributed by atoms with Crippen LogP contribution in [0.3, 0.4) is 0 Å². The Morgan fingerprint density at radius 3 is 2.29 bits per heavy atom. The molecule has 1 amide bonds. The van der Waals surface area contributed by atoms with Crippen LogP contribution in [-0.4, -0.2) is 13.0 Å². The molecule has 0 saturated carbocycles.